The minimum atomic E-state index is 0.252. The Morgan fingerprint density at radius 3 is 3.14 bits per heavy atom. The average molecular weight is 193 g/mol. The fraction of sp³-hybridized carbons (Fsp3) is 0.500. The maximum Gasteiger partial charge on any atom is 0.171 e. The van der Waals surface area contributed by atoms with Crippen LogP contribution in [0.5, 0.6) is 5.75 Å². The van der Waals surface area contributed by atoms with Gasteiger partial charge in [0.05, 0.1) is 0 Å². The quantitative estimate of drug-likeness (QED) is 0.721. The van der Waals surface area contributed by atoms with Crippen LogP contribution in [0.1, 0.15) is 6.42 Å². The Kier molecular flexibility index (Phi) is 2.54. The molecule has 1 fully saturated rings. The van der Waals surface area contributed by atoms with Crippen molar-refractivity contribution in [2.45, 2.75) is 12.5 Å². The van der Waals surface area contributed by atoms with Gasteiger partial charge in [0.25, 0.3) is 0 Å². The van der Waals surface area contributed by atoms with Crippen molar-refractivity contribution < 1.29 is 5.11 Å². The summed E-state index contributed by atoms with van der Waals surface area (Å²) in [5.74, 6) is 0.920. The minimum absolute atomic E-state index is 0.252. The normalized spacial score (nSPS) is 21.1. The fourth-order valence-corrected chi connectivity index (χ4v) is 1.80. The zero-order valence-corrected chi connectivity index (χ0v) is 8.27. The largest absolute Gasteiger partial charge is 0.504 e. The van der Waals surface area contributed by atoms with Crippen LogP contribution in [0.25, 0.3) is 0 Å². The summed E-state index contributed by atoms with van der Waals surface area (Å²) in [6, 6.07) is 3.84. The Hall–Kier alpha value is -1.29. The molecular weight excluding hydrogens is 178 g/mol. The molecule has 0 aromatic carbocycles. The summed E-state index contributed by atoms with van der Waals surface area (Å²) in [6.07, 6.45) is 2.81. The first-order chi connectivity index (χ1) is 6.79. The van der Waals surface area contributed by atoms with Gasteiger partial charge in [-0.1, -0.05) is 0 Å². The monoisotopic (exact) mass is 193 g/mol. The van der Waals surface area contributed by atoms with E-state index in [0.717, 1.165) is 19.5 Å². The molecule has 1 aliphatic rings. The Labute approximate surface area is 83.6 Å². The highest BCUT2D eigenvalue weighted by atomic mass is 16.3. The van der Waals surface area contributed by atoms with Crippen molar-refractivity contribution in [2.75, 3.05) is 25.0 Å². The van der Waals surface area contributed by atoms with E-state index in [9.17, 15) is 5.11 Å². The van der Waals surface area contributed by atoms with E-state index in [1.165, 1.54) is 0 Å². The van der Waals surface area contributed by atoms with Crippen LogP contribution in [0, 0.1) is 0 Å². The topological polar surface area (TPSA) is 48.4 Å². The molecule has 1 unspecified atom stereocenters. The molecule has 0 radical (unpaired) electrons. The highest BCUT2D eigenvalue weighted by molar-refractivity contribution is 5.51. The van der Waals surface area contributed by atoms with Crippen LogP contribution in [0.4, 0.5) is 5.82 Å². The van der Waals surface area contributed by atoms with E-state index in [-0.39, 0.29) is 5.75 Å². The van der Waals surface area contributed by atoms with Gasteiger partial charge in [-0.3, -0.25) is 0 Å². The zero-order valence-electron chi connectivity index (χ0n) is 8.27. The number of aromatic nitrogens is 1. The van der Waals surface area contributed by atoms with Gasteiger partial charge in [0.1, 0.15) is 0 Å². The van der Waals surface area contributed by atoms with E-state index in [1.54, 1.807) is 18.3 Å². The van der Waals surface area contributed by atoms with Crippen LogP contribution in [0.15, 0.2) is 18.3 Å². The van der Waals surface area contributed by atoms with Gasteiger partial charge in [0.2, 0.25) is 0 Å². The molecule has 1 aromatic heterocycles. The second-order valence-corrected chi connectivity index (χ2v) is 3.60. The lowest BCUT2D eigenvalue weighted by Gasteiger charge is -2.25. The smallest absolute Gasteiger partial charge is 0.171 e. The molecule has 0 saturated carbocycles. The first-order valence-electron chi connectivity index (χ1n) is 4.86. The van der Waals surface area contributed by atoms with Crippen LogP contribution in [0.2, 0.25) is 0 Å². The first kappa shape index (κ1) is 9.27. The molecule has 1 aromatic rings. The van der Waals surface area contributed by atoms with Crippen LogP contribution < -0.4 is 10.2 Å². The van der Waals surface area contributed by atoms with Crippen LogP contribution in [0.3, 0.4) is 0 Å². The van der Waals surface area contributed by atoms with E-state index >= 15 is 0 Å². The first-order valence-corrected chi connectivity index (χ1v) is 4.86. The van der Waals surface area contributed by atoms with E-state index in [4.69, 9.17) is 0 Å². The SMILES string of the molecule is CN(c1ncccc1O)C1CCNC1. The van der Waals surface area contributed by atoms with Crippen molar-refractivity contribution in [3.8, 4) is 5.75 Å². The van der Waals surface area contributed by atoms with Crippen molar-refractivity contribution in [1.82, 2.24) is 10.3 Å². The summed E-state index contributed by atoms with van der Waals surface area (Å²) >= 11 is 0. The Bertz CT molecular complexity index is 310. The molecular formula is C10H15N3O. The van der Waals surface area contributed by atoms with Crippen LogP contribution in [-0.4, -0.2) is 36.3 Å². The molecule has 2 rings (SSSR count). The van der Waals surface area contributed by atoms with Crippen molar-refractivity contribution in [1.29, 1.82) is 0 Å². The summed E-state index contributed by atoms with van der Waals surface area (Å²) < 4.78 is 0. The molecule has 0 bridgehead atoms. The Morgan fingerprint density at radius 2 is 2.50 bits per heavy atom. The summed E-state index contributed by atoms with van der Waals surface area (Å²) in [4.78, 5) is 6.21. The van der Waals surface area contributed by atoms with E-state index in [0.29, 0.717) is 11.9 Å². The van der Waals surface area contributed by atoms with E-state index in [2.05, 4.69) is 10.3 Å². The lowest BCUT2D eigenvalue weighted by Crippen LogP contribution is -2.33. The molecule has 1 aliphatic heterocycles. The number of aromatic hydroxyl groups is 1. The second kappa shape index (κ2) is 3.84. The molecule has 14 heavy (non-hydrogen) atoms. The Morgan fingerprint density at radius 1 is 1.64 bits per heavy atom. The summed E-state index contributed by atoms with van der Waals surface area (Å²) in [6.45, 7) is 2.01. The third-order valence-corrected chi connectivity index (χ3v) is 2.68. The second-order valence-electron chi connectivity index (χ2n) is 3.60. The summed E-state index contributed by atoms with van der Waals surface area (Å²) in [5, 5.41) is 12.9. The molecule has 1 atom stereocenters. The Balaban J connectivity index is 2.17. The van der Waals surface area contributed by atoms with Gasteiger partial charge in [-0.25, -0.2) is 4.98 Å². The average Bonchev–Trinajstić information content (AvgIpc) is 2.70. The molecule has 2 heterocycles. The summed E-state index contributed by atoms with van der Waals surface area (Å²) in [7, 11) is 1.97. The van der Waals surface area contributed by atoms with E-state index in [1.807, 2.05) is 11.9 Å². The third-order valence-electron chi connectivity index (χ3n) is 2.68. The molecule has 4 nitrogen and oxygen atoms in total. The highest BCUT2D eigenvalue weighted by Crippen LogP contribution is 2.25. The molecule has 0 amide bonds. The number of hydrogen-bond donors (Lipinski definition) is 2. The van der Waals surface area contributed by atoms with Gasteiger partial charge in [-0.2, -0.15) is 0 Å². The maximum atomic E-state index is 9.62. The molecule has 4 heteroatoms. The van der Waals surface area contributed by atoms with Crippen molar-refractivity contribution in [2.24, 2.45) is 0 Å². The number of nitrogens with zero attached hydrogens (tertiary/aromatic N) is 2. The number of pyridine rings is 1. The molecule has 0 spiro atoms. The molecule has 76 valence electrons. The third kappa shape index (κ3) is 1.65. The van der Waals surface area contributed by atoms with E-state index < -0.39 is 0 Å². The number of likely N-dealkylation sites (N-methyl/N-ethyl adjacent to an activating group) is 1. The zero-order chi connectivity index (χ0) is 9.97. The van der Waals surface area contributed by atoms with Crippen LogP contribution >= 0.6 is 0 Å². The molecule has 1 saturated heterocycles. The number of nitrogens with one attached hydrogen (secondary N) is 1. The maximum absolute atomic E-state index is 9.62. The van der Waals surface area contributed by atoms with Gasteiger partial charge in [0.15, 0.2) is 11.6 Å². The summed E-state index contributed by atoms with van der Waals surface area (Å²) in [5.41, 5.74) is 0. The van der Waals surface area contributed by atoms with Crippen molar-refractivity contribution >= 4 is 5.82 Å². The van der Waals surface area contributed by atoms with Gasteiger partial charge in [-0.05, 0) is 25.1 Å². The van der Waals surface area contributed by atoms with Gasteiger partial charge >= 0.3 is 0 Å². The predicted molar refractivity (Wildman–Crippen MR) is 55.6 cm³/mol. The van der Waals surface area contributed by atoms with Crippen molar-refractivity contribution in [3.63, 3.8) is 0 Å². The van der Waals surface area contributed by atoms with Gasteiger partial charge in [0, 0.05) is 25.8 Å². The molecule has 0 aliphatic carbocycles. The number of anilines is 1. The molecule has 2 N–H and O–H groups in total. The number of rotatable bonds is 2. The minimum Gasteiger partial charge on any atom is -0.504 e. The van der Waals surface area contributed by atoms with Crippen molar-refractivity contribution in [3.05, 3.63) is 18.3 Å². The number of hydrogen-bond acceptors (Lipinski definition) is 4. The van der Waals surface area contributed by atoms with Gasteiger partial charge < -0.3 is 15.3 Å². The lowest BCUT2D eigenvalue weighted by atomic mass is 10.2. The predicted octanol–water partition coefficient (Wildman–Crippen LogP) is 0.585. The van der Waals surface area contributed by atoms with Crippen LogP contribution in [-0.2, 0) is 0 Å². The fourth-order valence-electron chi connectivity index (χ4n) is 1.80. The lowest BCUT2D eigenvalue weighted by molar-refractivity contribution is 0.469. The standard InChI is InChI=1S/C10H15N3O/c1-13(8-4-6-11-7-8)10-9(14)3-2-5-12-10/h2-3,5,8,11,14H,4,6-7H2,1H3. The highest BCUT2D eigenvalue weighted by Gasteiger charge is 2.21. The van der Waals surface area contributed by atoms with Gasteiger partial charge in [-0.15, -0.1) is 0 Å².